The lowest BCUT2D eigenvalue weighted by Gasteiger charge is -2.14. The molecule has 1 aromatic rings. The lowest BCUT2D eigenvalue weighted by atomic mass is 10.0. The maximum atomic E-state index is 10.4. The van der Waals surface area contributed by atoms with E-state index in [1.54, 1.807) is 12.1 Å². The molecule has 0 spiro atoms. The Kier molecular flexibility index (Phi) is 3.94. The molecule has 0 saturated carbocycles. The summed E-state index contributed by atoms with van der Waals surface area (Å²) in [4.78, 5) is 10.4. The van der Waals surface area contributed by atoms with Crippen LogP contribution < -0.4 is 5.32 Å². The molecule has 0 fully saturated rings. The number of aliphatic hydroxyl groups excluding tert-OH is 1. The molecule has 0 aliphatic heterocycles. The van der Waals surface area contributed by atoms with Crippen molar-refractivity contribution >= 4 is 6.09 Å². The fraction of sp³-hybridized carbons (Fsp3) is 0.200. The van der Waals surface area contributed by atoms with Crippen LogP contribution >= 0.6 is 0 Å². The Morgan fingerprint density at radius 1 is 1.29 bits per heavy atom. The predicted molar refractivity (Wildman–Crippen MR) is 51.7 cm³/mol. The SMILES string of the molecule is O=C(O)N[C](CCO)c1ccccc1. The summed E-state index contributed by atoms with van der Waals surface area (Å²) in [5.41, 5.74) is 0.781. The Labute approximate surface area is 82.2 Å². The topological polar surface area (TPSA) is 69.6 Å². The highest BCUT2D eigenvalue weighted by Gasteiger charge is 2.13. The first kappa shape index (κ1) is 10.5. The van der Waals surface area contributed by atoms with Crippen LogP contribution in [0, 0.1) is 6.04 Å². The summed E-state index contributed by atoms with van der Waals surface area (Å²) in [7, 11) is 0. The lowest BCUT2D eigenvalue weighted by molar-refractivity contribution is 0.194. The number of nitrogens with one attached hydrogen (secondary N) is 1. The van der Waals surface area contributed by atoms with Gasteiger partial charge >= 0.3 is 6.09 Å². The molecule has 1 rings (SSSR count). The van der Waals surface area contributed by atoms with E-state index in [0.717, 1.165) is 5.56 Å². The van der Waals surface area contributed by atoms with Gasteiger partial charge in [0.15, 0.2) is 0 Å². The molecule has 1 aromatic carbocycles. The molecule has 1 radical (unpaired) electrons. The summed E-state index contributed by atoms with van der Waals surface area (Å²) in [5.74, 6) is 0. The van der Waals surface area contributed by atoms with E-state index in [-0.39, 0.29) is 6.61 Å². The van der Waals surface area contributed by atoms with Crippen LogP contribution in [0.25, 0.3) is 0 Å². The molecule has 0 aromatic heterocycles. The molecular weight excluding hydrogens is 182 g/mol. The van der Waals surface area contributed by atoms with Gasteiger partial charge in [-0.2, -0.15) is 0 Å². The molecule has 0 unspecified atom stereocenters. The van der Waals surface area contributed by atoms with Crippen molar-refractivity contribution < 1.29 is 15.0 Å². The number of aliphatic hydroxyl groups is 1. The average molecular weight is 194 g/mol. The van der Waals surface area contributed by atoms with E-state index in [4.69, 9.17) is 10.2 Å². The quantitative estimate of drug-likeness (QED) is 0.674. The number of carboxylic acid groups (broad SMARTS) is 1. The monoisotopic (exact) mass is 194 g/mol. The van der Waals surface area contributed by atoms with Gasteiger partial charge in [-0.3, -0.25) is 0 Å². The van der Waals surface area contributed by atoms with Crippen molar-refractivity contribution in [1.82, 2.24) is 5.32 Å². The zero-order valence-electron chi connectivity index (χ0n) is 7.60. The molecular formula is C10H12NO3. The van der Waals surface area contributed by atoms with E-state index in [9.17, 15) is 4.79 Å². The minimum absolute atomic E-state index is 0.0789. The molecule has 0 bridgehead atoms. The Morgan fingerprint density at radius 3 is 2.43 bits per heavy atom. The van der Waals surface area contributed by atoms with Gasteiger partial charge in [-0.05, 0) is 5.56 Å². The molecule has 0 aliphatic carbocycles. The maximum Gasteiger partial charge on any atom is 0.405 e. The van der Waals surface area contributed by atoms with E-state index < -0.39 is 6.09 Å². The minimum atomic E-state index is -1.11. The van der Waals surface area contributed by atoms with E-state index in [2.05, 4.69) is 5.32 Å². The van der Waals surface area contributed by atoms with Crippen molar-refractivity contribution in [3.63, 3.8) is 0 Å². The van der Waals surface area contributed by atoms with Crippen LogP contribution in [-0.4, -0.2) is 22.9 Å². The van der Waals surface area contributed by atoms with Crippen molar-refractivity contribution in [2.45, 2.75) is 6.42 Å². The molecule has 1 amide bonds. The van der Waals surface area contributed by atoms with Crippen LogP contribution in [0.15, 0.2) is 30.3 Å². The number of hydrogen-bond acceptors (Lipinski definition) is 2. The average Bonchev–Trinajstić information content (AvgIpc) is 2.18. The number of hydrogen-bond donors (Lipinski definition) is 3. The Morgan fingerprint density at radius 2 is 1.93 bits per heavy atom. The van der Waals surface area contributed by atoms with Gasteiger partial charge in [-0.1, -0.05) is 30.3 Å². The Balaban J connectivity index is 2.72. The molecule has 3 N–H and O–H groups in total. The Hall–Kier alpha value is -1.55. The summed E-state index contributed by atoms with van der Waals surface area (Å²) in [6, 6.07) is 9.58. The lowest BCUT2D eigenvalue weighted by Crippen LogP contribution is -2.28. The van der Waals surface area contributed by atoms with Gasteiger partial charge in [-0.25, -0.2) is 4.79 Å². The fourth-order valence-corrected chi connectivity index (χ4v) is 1.16. The first-order chi connectivity index (χ1) is 6.74. The third-order valence-corrected chi connectivity index (χ3v) is 1.74. The molecule has 0 aliphatic rings. The maximum absolute atomic E-state index is 10.4. The molecule has 0 heterocycles. The van der Waals surface area contributed by atoms with Crippen molar-refractivity contribution in [3.8, 4) is 0 Å². The van der Waals surface area contributed by atoms with Crippen LogP contribution in [0.3, 0.4) is 0 Å². The van der Waals surface area contributed by atoms with E-state index in [1.807, 2.05) is 18.2 Å². The summed E-state index contributed by atoms with van der Waals surface area (Å²) < 4.78 is 0. The molecule has 75 valence electrons. The number of benzene rings is 1. The zero-order valence-corrected chi connectivity index (χ0v) is 7.60. The van der Waals surface area contributed by atoms with Crippen molar-refractivity contribution in [1.29, 1.82) is 0 Å². The van der Waals surface area contributed by atoms with Gasteiger partial charge < -0.3 is 15.5 Å². The van der Waals surface area contributed by atoms with Crippen LogP contribution in [0.4, 0.5) is 4.79 Å². The van der Waals surface area contributed by atoms with Crippen molar-refractivity contribution in [2.75, 3.05) is 6.61 Å². The summed E-state index contributed by atoms with van der Waals surface area (Å²) >= 11 is 0. The van der Waals surface area contributed by atoms with Crippen LogP contribution in [-0.2, 0) is 0 Å². The number of amides is 1. The Bertz CT molecular complexity index is 287. The smallest absolute Gasteiger partial charge is 0.405 e. The van der Waals surface area contributed by atoms with Gasteiger partial charge in [-0.15, -0.1) is 0 Å². The van der Waals surface area contributed by atoms with E-state index in [0.29, 0.717) is 12.5 Å². The highest BCUT2D eigenvalue weighted by Crippen LogP contribution is 2.14. The third kappa shape index (κ3) is 3.06. The molecule has 14 heavy (non-hydrogen) atoms. The first-order valence-corrected chi connectivity index (χ1v) is 4.26. The summed E-state index contributed by atoms with van der Waals surface area (Å²) in [5, 5.41) is 19.6. The minimum Gasteiger partial charge on any atom is -0.465 e. The molecule has 4 nitrogen and oxygen atoms in total. The van der Waals surface area contributed by atoms with Gasteiger partial charge in [0, 0.05) is 13.0 Å². The van der Waals surface area contributed by atoms with Gasteiger partial charge in [0.05, 0.1) is 6.04 Å². The first-order valence-electron chi connectivity index (χ1n) is 4.26. The third-order valence-electron chi connectivity index (χ3n) is 1.74. The largest absolute Gasteiger partial charge is 0.465 e. The van der Waals surface area contributed by atoms with Gasteiger partial charge in [0.25, 0.3) is 0 Å². The molecule has 0 saturated heterocycles. The second-order valence-electron chi connectivity index (χ2n) is 2.75. The highest BCUT2D eigenvalue weighted by atomic mass is 16.4. The second-order valence-corrected chi connectivity index (χ2v) is 2.75. The summed E-state index contributed by atoms with van der Waals surface area (Å²) in [6.45, 7) is -0.0789. The number of carbonyl (C=O) groups is 1. The highest BCUT2D eigenvalue weighted by molar-refractivity contribution is 5.67. The van der Waals surface area contributed by atoms with Gasteiger partial charge in [0.1, 0.15) is 0 Å². The second kappa shape index (κ2) is 5.24. The van der Waals surface area contributed by atoms with Gasteiger partial charge in [0.2, 0.25) is 0 Å². The molecule has 0 atom stereocenters. The van der Waals surface area contributed by atoms with Crippen LogP contribution in [0.1, 0.15) is 12.0 Å². The van der Waals surface area contributed by atoms with E-state index >= 15 is 0 Å². The van der Waals surface area contributed by atoms with Crippen molar-refractivity contribution in [2.24, 2.45) is 0 Å². The van der Waals surface area contributed by atoms with Crippen molar-refractivity contribution in [3.05, 3.63) is 41.9 Å². The molecule has 4 heteroatoms. The summed E-state index contributed by atoms with van der Waals surface area (Å²) in [6.07, 6.45) is -0.812. The number of rotatable bonds is 4. The van der Waals surface area contributed by atoms with Crippen LogP contribution in [0.2, 0.25) is 0 Å². The van der Waals surface area contributed by atoms with E-state index in [1.165, 1.54) is 0 Å². The normalized spacial score (nSPS) is 10.1. The predicted octanol–water partition coefficient (Wildman–Crippen LogP) is 1.22. The zero-order chi connectivity index (χ0) is 10.4. The van der Waals surface area contributed by atoms with Crippen LogP contribution in [0.5, 0.6) is 0 Å². The standard InChI is InChI=1S/C10H12NO3/c12-7-6-9(11-10(13)14)8-4-2-1-3-5-8/h1-5,11-12H,6-7H2,(H,13,14). The fourth-order valence-electron chi connectivity index (χ4n) is 1.16.